The van der Waals surface area contributed by atoms with Crippen LogP contribution in [0.2, 0.25) is 6.82 Å². The van der Waals surface area contributed by atoms with Crippen molar-refractivity contribution in [3.05, 3.63) is 24.5 Å². The molecule has 2 aromatic heterocycles. The van der Waals surface area contributed by atoms with Gasteiger partial charge in [0.15, 0.2) is 7.28 Å². The van der Waals surface area contributed by atoms with Gasteiger partial charge in [0.1, 0.15) is 15.6 Å². The molecule has 21 heavy (non-hydrogen) atoms. The Morgan fingerprint density at radius 2 is 2.19 bits per heavy atom. The van der Waals surface area contributed by atoms with Gasteiger partial charge in [-0.05, 0) is 32.9 Å². The van der Waals surface area contributed by atoms with Crippen LogP contribution < -0.4 is 10.9 Å². The first-order chi connectivity index (χ1) is 9.89. The summed E-state index contributed by atoms with van der Waals surface area (Å²) in [5.74, 6) is 0. The van der Waals surface area contributed by atoms with Gasteiger partial charge in [0.2, 0.25) is 0 Å². The predicted molar refractivity (Wildman–Crippen MR) is 87.8 cm³/mol. The summed E-state index contributed by atoms with van der Waals surface area (Å²) in [4.78, 5) is 20.5. The summed E-state index contributed by atoms with van der Waals surface area (Å²) >= 11 is 1.43. The average Bonchev–Trinajstić information content (AvgIpc) is 2.80. The molecule has 2 rings (SSSR count). The second-order valence-corrected chi connectivity index (χ2v) is 6.52. The van der Waals surface area contributed by atoms with Crippen molar-refractivity contribution in [2.24, 2.45) is 0 Å². The lowest BCUT2D eigenvalue weighted by Crippen LogP contribution is -2.29. The van der Waals surface area contributed by atoms with Gasteiger partial charge in [-0.3, -0.25) is 10.3 Å². The maximum absolute atomic E-state index is 11.9. The van der Waals surface area contributed by atoms with Crippen molar-refractivity contribution in [2.75, 3.05) is 5.32 Å². The van der Waals surface area contributed by atoms with Gasteiger partial charge >= 0.3 is 6.09 Å². The molecule has 0 aliphatic carbocycles. The Labute approximate surface area is 129 Å². The molecular weight excluding hydrogens is 285 g/mol. The average molecular weight is 303 g/mol. The normalized spacial score (nSPS) is 11.0. The standard InChI is InChI=1S/C14H18BN3O2S/c1-14(2,3)20-13(19)18-12-10(15-4)17-11(21-12)9-6-5-7-16-8-9/h5-8,15H,1-4H3,(H,18,19). The van der Waals surface area contributed by atoms with E-state index in [0.717, 1.165) is 28.4 Å². The maximum Gasteiger partial charge on any atom is 0.412 e. The highest BCUT2D eigenvalue weighted by Gasteiger charge is 2.19. The van der Waals surface area contributed by atoms with Crippen LogP contribution >= 0.6 is 11.3 Å². The van der Waals surface area contributed by atoms with Crippen LogP contribution in [-0.4, -0.2) is 28.9 Å². The lowest BCUT2D eigenvalue weighted by Gasteiger charge is -2.19. The number of rotatable bonds is 3. The first-order valence-electron chi connectivity index (χ1n) is 6.79. The number of anilines is 1. The van der Waals surface area contributed by atoms with E-state index in [0.29, 0.717) is 0 Å². The zero-order valence-electron chi connectivity index (χ0n) is 12.6. The summed E-state index contributed by atoms with van der Waals surface area (Å²) in [5.41, 5.74) is 1.27. The zero-order chi connectivity index (χ0) is 15.5. The number of nitrogens with one attached hydrogen (secondary N) is 1. The molecule has 1 N–H and O–H groups in total. The van der Waals surface area contributed by atoms with E-state index in [1.165, 1.54) is 11.3 Å². The molecule has 5 nitrogen and oxygen atoms in total. The Morgan fingerprint density at radius 1 is 1.43 bits per heavy atom. The highest BCUT2D eigenvalue weighted by Crippen LogP contribution is 2.26. The molecule has 0 radical (unpaired) electrons. The van der Waals surface area contributed by atoms with Gasteiger partial charge in [-0.2, -0.15) is 0 Å². The fraction of sp³-hybridized carbons (Fsp3) is 0.357. The van der Waals surface area contributed by atoms with Crippen LogP contribution in [0.4, 0.5) is 9.80 Å². The fourth-order valence-corrected chi connectivity index (χ4v) is 2.73. The lowest BCUT2D eigenvalue weighted by molar-refractivity contribution is 0.0636. The fourth-order valence-electron chi connectivity index (χ4n) is 1.70. The monoisotopic (exact) mass is 303 g/mol. The summed E-state index contributed by atoms with van der Waals surface area (Å²) < 4.78 is 5.27. The SMILES string of the molecule is CBc1nc(-c2cccnc2)sc1NC(=O)OC(C)(C)C. The van der Waals surface area contributed by atoms with E-state index in [1.807, 2.05) is 39.7 Å². The maximum atomic E-state index is 11.9. The molecule has 0 spiro atoms. The summed E-state index contributed by atoms with van der Waals surface area (Å²) in [6, 6.07) is 3.81. The number of hydrogen-bond donors (Lipinski definition) is 1. The van der Waals surface area contributed by atoms with Crippen LogP contribution in [-0.2, 0) is 4.74 Å². The minimum atomic E-state index is -0.521. The first kappa shape index (κ1) is 15.5. The summed E-state index contributed by atoms with van der Waals surface area (Å²) in [6.45, 7) is 7.51. The third-order valence-corrected chi connectivity index (χ3v) is 3.62. The molecule has 0 aliphatic heterocycles. The third-order valence-electron chi connectivity index (χ3n) is 2.56. The second kappa shape index (κ2) is 6.26. The summed E-state index contributed by atoms with van der Waals surface area (Å²) in [6.07, 6.45) is 3.02. The van der Waals surface area contributed by atoms with E-state index >= 15 is 0 Å². The van der Waals surface area contributed by atoms with Crippen LogP contribution in [0.25, 0.3) is 10.6 Å². The molecule has 1 amide bonds. The lowest BCUT2D eigenvalue weighted by atomic mass is 9.78. The number of carbonyl (C=O) groups is 1. The summed E-state index contributed by atoms with van der Waals surface area (Å²) in [5, 5.41) is 4.35. The van der Waals surface area contributed by atoms with E-state index in [9.17, 15) is 4.79 Å². The predicted octanol–water partition coefficient (Wildman–Crippen LogP) is 2.66. The number of amides is 1. The third kappa shape index (κ3) is 4.29. The Bertz CT molecular complexity index is 623. The van der Waals surface area contributed by atoms with Crippen molar-refractivity contribution < 1.29 is 9.53 Å². The number of nitrogens with zero attached hydrogens (tertiary/aromatic N) is 2. The summed E-state index contributed by atoms with van der Waals surface area (Å²) in [7, 11) is 0.738. The topological polar surface area (TPSA) is 64.1 Å². The van der Waals surface area contributed by atoms with Crippen molar-refractivity contribution in [1.29, 1.82) is 0 Å². The van der Waals surface area contributed by atoms with Crippen LogP contribution in [0, 0.1) is 0 Å². The molecule has 0 aliphatic rings. The minimum Gasteiger partial charge on any atom is -0.444 e. The molecular formula is C14H18BN3O2S. The Kier molecular flexibility index (Phi) is 4.62. The van der Waals surface area contributed by atoms with Crippen LogP contribution in [0.5, 0.6) is 0 Å². The number of carbonyl (C=O) groups excluding carboxylic acids is 1. The quantitative estimate of drug-likeness (QED) is 0.885. The number of aromatic nitrogens is 2. The molecule has 2 heterocycles. The molecule has 0 unspecified atom stereocenters. The molecule has 2 aromatic rings. The van der Waals surface area contributed by atoms with Crippen molar-refractivity contribution in [1.82, 2.24) is 9.97 Å². The van der Waals surface area contributed by atoms with Crippen molar-refractivity contribution in [3.8, 4) is 10.6 Å². The van der Waals surface area contributed by atoms with E-state index in [-0.39, 0.29) is 0 Å². The van der Waals surface area contributed by atoms with Gasteiger partial charge in [-0.1, -0.05) is 18.2 Å². The van der Waals surface area contributed by atoms with Crippen LogP contribution in [0.3, 0.4) is 0 Å². The number of hydrogen-bond acceptors (Lipinski definition) is 5. The number of pyridine rings is 1. The van der Waals surface area contributed by atoms with Crippen molar-refractivity contribution in [3.63, 3.8) is 0 Å². The van der Waals surface area contributed by atoms with E-state index in [4.69, 9.17) is 4.74 Å². The molecule has 7 heteroatoms. The van der Waals surface area contributed by atoms with Gasteiger partial charge in [-0.15, -0.1) is 0 Å². The van der Waals surface area contributed by atoms with Gasteiger partial charge in [0.25, 0.3) is 0 Å². The smallest absolute Gasteiger partial charge is 0.412 e. The Hall–Kier alpha value is -1.89. The highest BCUT2D eigenvalue weighted by molar-refractivity contribution is 7.20. The molecule has 0 saturated heterocycles. The minimum absolute atomic E-state index is 0.460. The second-order valence-electron chi connectivity index (χ2n) is 5.52. The van der Waals surface area contributed by atoms with Gasteiger partial charge in [-0.25, -0.2) is 9.78 Å². The molecule has 0 bridgehead atoms. The van der Waals surface area contributed by atoms with Gasteiger partial charge in [0, 0.05) is 23.6 Å². The molecule has 0 aromatic carbocycles. The number of ether oxygens (including phenoxy) is 1. The molecule has 0 atom stereocenters. The zero-order valence-corrected chi connectivity index (χ0v) is 13.5. The molecule has 110 valence electrons. The first-order valence-corrected chi connectivity index (χ1v) is 7.61. The van der Waals surface area contributed by atoms with Crippen LogP contribution in [0.15, 0.2) is 24.5 Å². The Morgan fingerprint density at radius 3 is 2.76 bits per heavy atom. The van der Waals surface area contributed by atoms with E-state index < -0.39 is 11.7 Å². The molecule has 0 saturated carbocycles. The molecule has 0 fully saturated rings. The van der Waals surface area contributed by atoms with Gasteiger partial charge < -0.3 is 4.74 Å². The van der Waals surface area contributed by atoms with Crippen LogP contribution in [0.1, 0.15) is 20.8 Å². The number of thiazole rings is 1. The van der Waals surface area contributed by atoms with E-state index in [1.54, 1.807) is 12.4 Å². The highest BCUT2D eigenvalue weighted by atomic mass is 32.1. The van der Waals surface area contributed by atoms with Gasteiger partial charge in [0.05, 0.1) is 0 Å². The van der Waals surface area contributed by atoms with Crippen molar-refractivity contribution >= 4 is 35.3 Å². The Balaban J connectivity index is 2.20. The largest absolute Gasteiger partial charge is 0.444 e. The van der Waals surface area contributed by atoms with E-state index in [2.05, 4.69) is 15.3 Å². The van der Waals surface area contributed by atoms with Crippen molar-refractivity contribution in [2.45, 2.75) is 33.2 Å².